The number of likely N-dealkylation sites (N-methyl/N-ethyl adjacent to an activating group) is 1. The number of hydrogen-bond donors (Lipinski definition) is 3. The number of carbonyl (C=O) groups is 7. The van der Waals surface area contributed by atoms with Gasteiger partial charge in [0.15, 0.2) is 0 Å². The minimum Gasteiger partial charge on any atom is -0.379 e. The largest absolute Gasteiger partial charge is 0.379 e. The van der Waals surface area contributed by atoms with Crippen molar-refractivity contribution in [3.63, 3.8) is 0 Å². The number of benzene rings is 1. The van der Waals surface area contributed by atoms with Crippen LogP contribution in [0.5, 0.6) is 0 Å². The summed E-state index contributed by atoms with van der Waals surface area (Å²) in [6.45, 7) is 11.4. The van der Waals surface area contributed by atoms with E-state index in [1.54, 1.807) is 59.0 Å². The molecule has 2 fully saturated rings. The third-order valence-electron chi connectivity index (χ3n) is 13.5. The number of likely N-dealkylation sites (tertiary alicyclic amines) is 1. The lowest BCUT2D eigenvalue weighted by atomic mass is 9.89. The second kappa shape index (κ2) is 26.1. The minimum absolute atomic E-state index is 0.0274. The molecule has 1 aromatic heterocycles. The van der Waals surface area contributed by atoms with Crippen LogP contribution in [-0.4, -0.2) is 181 Å². The van der Waals surface area contributed by atoms with Crippen LogP contribution in [0.25, 0.3) is 0 Å². The predicted molar refractivity (Wildman–Crippen MR) is 259 cm³/mol. The van der Waals surface area contributed by atoms with Crippen LogP contribution in [0.1, 0.15) is 78.0 Å². The van der Waals surface area contributed by atoms with Crippen molar-refractivity contribution in [2.75, 3.05) is 59.9 Å². The first-order valence-electron chi connectivity index (χ1n) is 24.3. The van der Waals surface area contributed by atoms with Crippen molar-refractivity contribution in [1.82, 2.24) is 49.9 Å². The van der Waals surface area contributed by atoms with Crippen LogP contribution < -0.4 is 15.4 Å². The van der Waals surface area contributed by atoms with Gasteiger partial charge >= 0.3 is 6.03 Å². The van der Waals surface area contributed by atoms with Crippen molar-refractivity contribution in [2.24, 2.45) is 17.8 Å². The third-order valence-corrected chi connectivity index (χ3v) is 14.9. The van der Waals surface area contributed by atoms with Gasteiger partial charge < -0.3 is 39.5 Å². The van der Waals surface area contributed by atoms with Gasteiger partial charge in [0.05, 0.1) is 68.3 Å². The zero-order valence-electron chi connectivity index (χ0n) is 42.2. The van der Waals surface area contributed by atoms with E-state index < -0.39 is 81.7 Å². The lowest BCUT2D eigenvalue weighted by Gasteiger charge is -2.41. The Morgan fingerprint density at radius 2 is 1.61 bits per heavy atom. The highest BCUT2D eigenvalue weighted by Crippen LogP contribution is 2.30. The molecule has 3 aliphatic heterocycles. The summed E-state index contributed by atoms with van der Waals surface area (Å²) in [5, 5.41) is 13.6. The molecule has 8 atom stereocenters. The average Bonchev–Trinajstić information content (AvgIpc) is 4.10. The number of aryl methyl sites for hydroxylation is 1. The fraction of sp³-hybridized carbons (Fsp3) is 0.646. The van der Waals surface area contributed by atoms with Crippen molar-refractivity contribution >= 4 is 51.5 Å². The summed E-state index contributed by atoms with van der Waals surface area (Å²) >= 11 is 0. The zero-order chi connectivity index (χ0) is 52.0. The summed E-state index contributed by atoms with van der Waals surface area (Å²) in [5.74, 6) is -4.77. The fourth-order valence-electron chi connectivity index (χ4n) is 9.35. The molecular formula is C48H72N10O12S. The predicted octanol–water partition coefficient (Wildman–Crippen LogP) is 1.25. The lowest BCUT2D eigenvalue weighted by Crippen LogP contribution is -2.59. The highest BCUT2D eigenvalue weighted by molar-refractivity contribution is 7.90. The number of rotatable bonds is 25. The van der Waals surface area contributed by atoms with Gasteiger partial charge in [0.1, 0.15) is 17.8 Å². The number of carbonyl (C=O) groups excluding carboxylic acids is 7. The van der Waals surface area contributed by atoms with Crippen LogP contribution in [0.15, 0.2) is 48.7 Å². The number of imide groups is 1. The maximum absolute atomic E-state index is 14.4. The van der Waals surface area contributed by atoms with E-state index in [9.17, 15) is 42.0 Å². The first-order valence-corrected chi connectivity index (χ1v) is 26.0. The maximum atomic E-state index is 14.4. The van der Waals surface area contributed by atoms with Gasteiger partial charge in [-0.1, -0.05) is 76.6 Å². The lowest BCUT2D eigenvalue weighted by molar-refractivity contribution is -0.147. The molecule has 8 amide bonds. The average molecular weight is 1010 g/mol. The second-order valence-electron chi connectivity index (χ2n) is 18.8. The molecule has 23 heteroatoms. The molecule has 0 unspecified atom stereocenters. The normalized spacial score (nSPS) is 19.2. The van der Waals surface area contributed by atoms with Crippen molar-refractivity contribution < 1.29 is 56.2 Å². The van der Waals surface area contributed by atoms with Gasteiger partial charge in [-0.2, -0.15) is 0 Å². The Labute approximate surface area is 416 Å². The standard InChI is InChI=1S/C48H72N10O12S/c1-9-32(4)43(54(6)47(64)42(31(2)3)50-48(65)55-22-24-70-25-23-55)38(68-7)28-41(61)57-21-13-17-37(57)44(69-8)33(5)45(62)49-36(27-34-15-11-10-12-16-34)46(63)52-71(66,67)26-14-20-56-29-35(51-53-56)30-58-39(59)18-19-40(58)60/h10-12,15-16,18-19,29,31-33,36-38,42-44H,9,13-14,17,20-28,30H2,1-8H3,(H,49,62)(H,50,65)(H,52,63)/t32-,33+,36-,37-,38+,42-,43-,44+/m0/s1. The first-order chi connectivity index (χ1) is 33.8. The Morgan fingerprint density at radius 3 is 2.23 bits per heavy atom. The van der Waals surface area contributed by atoms with Crippen molar-refractivity contribution in [3.05, 3.63) is 59.9 Å². The summed E-state index contributed by atoms with van der Waals surface area (Å²) in [6, 6.07) is 5.23. The van der Waals surface area contributed by atoms with Crippen LogP contribution >= 0.6 is 0 Å². The Balaban J connectivity index is 1.23. The number of nitrogens with zero attached hydrogens (tertiary/aromatic N) is 7. The molecule has 71 heavy (non-hydrogen) atoms. The molecule has 4 heterocycles. The highest BCUT2D eigenvalue weighted by atomic mass is 32.2. The molecule has 2 saturated heterocycles. The smallest absolute Gasteiger partial charge is 0.318 e. The molecule has 3 aliphatic rings. The first kappa shape index (κ1) is 56.1. The molecule has 0 spiro atoms. The van der Waals surface area contributed by atoms with E-state index >= 15 is 0 Å². The van der Waals surface area contributed by atoms with Crippen molar-refractivity contribution in [2.45, 2.75) is 123 Å². The molecule has 0 aliphatic carbocycles. The molecule has 2 aromatic rings. The Morgan fingerprint density at radius 1 is 0.930 bits per heavy atom. The Kier molecular flexibility index (Phi) is 20.6. The molecule has 392 valence electrons. The van der Waals surface area contributed by atoms with Gasteiger partial charge in [-0.05, 0) is 36.7 Å². The molecule has 0 radical (unpaired) electrons. The van der Waals surface area contributed by atoms with Crippen LogP contribution in [-0.2, 0) is 72.5 Å². The number of sulfonamides is 1. The van der Waals surface area contributed by atoms with Crippen molar-refractivity contribution in [3.8, 4) is 0 Å². The van der Waals surface area contributed by atoms with Crippen LogP contribution in [0, 0.1) is 17.8 Å². The van der Waals surface area contributed by atoms with Crippen molar-refractivity contribution in [1.29, 1.82) is 0 Å². The monoisotopic (exact) mass is 1010 g/mol. The second-order valence-corrected chi connectivity index (χ2v) is 20.7. The quantitative estimate of drug-likeness (QED) is 0.118. The molecule has 0 bridgehead atoms. The van der Waals surface area contributed by atoms with E-state index in [1.807, 2.05) is 27.7 Å². The molecule has 22 nitrogen and oxygen atoms in total. The molecule has 1 aromatic carbocycles. The fourth-order valence-corrected chi connectivity index (χ4v) is 10.4. The topological polar surface area (TPSA) is 261 Å². The summed E-state index contributed by atoms with van der Waals surface area (Å²) in [4.78, 5) is 99.6. The van der Waals surface area contributed by atoms with E-state index in [0.717, 1.165) is 17.1 Å². The number of urea groups is 1. The van der Waals surface area contributed by atoms with E-state index in [4.69, 9.17) is 14.2 Å². The van der Waals surface area contributed by atoms with E-state index in [-0.39, 0.29) is 62.0 Å². The van der Waals surface area contributed by atoms with Crippen LogP contribution in [0.3, 0.4) is 0 Å². The number of amides is 8. The Bertz CT molecular complexity index is 2290. The summed E-state index contributed by atoms with van der Waals surface area (Å²) in [7, 11) is 0.412. The number of hydrogen-bond acceptors (Lipinski definition) is 14. The summed E-state index contributed by atoms with van der Waals surface area (Å²) < 4.78 is 47.4. The van der Waals surface area contributed by atoms with E-state index in [2.05, 4.69) is 25.7 Å². The van der Waals surface area contributed by atoms with Gasteiger partial charge in [0, 0.05) is 66.0 Å². The number of morpholine rings is 1. The zero-order valence-corrected chi connectivity index (χ0v) is 43.0. The Hall–Kier alpha value is -5.78. The molecule has 5 rings (SSSR count). The van der Waals surface area contributed by atoms with Gasteiger partial charge in [-0.3, -0.25) is 43.1 Å². The number of methoxy groups -OCH3 is 2. The SMILES string of the molecule is CC[C@H](C)[C@@H]([C@@H](CC(=O)N1CCC[C@H]1[C@H](OC)[C@@H](C)C(=O)N[C@@H](Cc1ccccc1)C(=O)NS(=O)(=O)CCCn1cc(CN2C(=O)C=CC2=O)nn1)OC)N(C)C(=O)[C@@H](NC(=O)N1CCOCC1)C(C)C. The van der Waals surface area contributed by atoms with E-state index in [0.29, 0.717) is 63.4 Å². The molecule has 0 saturated carbocycles. The summed E-state index contributed by atoms with van der Waals surface area (Å²) in [5.41, 5.74) is 0.994. The maximum Gasteiger partial charge on any atom is 0.318 e. The minimum atomic E-state index is -4.22. The van der Waals surface area contributed by atoms with Gasteiger partial charge in [0.25, 0.3) is 17.7 Å². The van der Waals surface area contributed by atoms with E-state index in [1.165, 1.54) is 25.1 Å². The molecular weight excluding hydrogens is 941 g/mol. The van der Waals surface area contributed by atoms with Crippen LogP contribution in [0.2, 0.25) is 0 Å². The number of nitrogens with one attached hydrogen (secondary N) is 3. The molecule has 3 N–H and O–H groups in total. The number of ether oxygens (including phenoxy) is 3. The number of aromatic nitrogens is 3. The van der Waals surface area contributed by atoms with Gasteiger partial charge in [0.2, 0.25) is 27.7 Å². The third kappa shape index (κ3) is 15.1. The van der Waals surface area contributed by atoms with Gasteiger partial charge in [-0.25, -0.2) is 13.2 Å². The highest BCUT2D eigenvalue weighted by Gasteiger charge is 2.43. The van der Waals surface area contributed by atoms with Crippen LogP contribution in [0.4, 0.5) is 4.79 Å². The summed E-state index contributed by atoms with van der Waals surface area (Å²) in [6.07, 6.45) is 3.98. The van der Waals surface area contributed by atoms with Gasteiger partial charge in [-0.15, -0.1) is 5.10 Å².